The molecule has 0 bridgehead atoms. The van der Waals surface area contributed by atoms with Gasteiger partial charge in [-0.25, -0.2) is 0 Å². The fourth-order valence-electron chi connectivity index (χ4n) is 2.25. The van der Waals surface area contributed by atoms with Gasteiger partial charge >= 0.3 is 0 Å². The molecule has 0 fully saturated rings. The van der Waals surface area contributed by atoms with Gasteiger partial charge in [0.1, 0.15) is 5.75 Å². The van der Waals surface area contributed by atoms with Crippen LogP contribution in [0.3, 0.4) is 0 Å². The summed E-state index contributed by atoms with van der Waals surface area (Å²) in [7, 11) is 3.64. The number of ether oxygens (including phenoxy) is 1. The minimum absolute atomic E-state index is 0.172. The first-order valence-corrected chi connectivity index (χ1v) is 6.57. The number of nitrogens with one attached hydrogen (secondary N) is 1. The Bertz CT molecular complexity index is 548. The molecule has 2 rings (SSSR count). The van der Waals surface area contributed by atoms with Crippen LogP contribution in [-0.2, 0) is 13.5 Å². The Kier molecular flexibility index (Phi) is 4.10. The summed E-state index contributed by atoms with van der Waals surface area (Å²) < 4.78 is 7.25. The van der Waals surface area contributed by atoms with Gasteiger partial charge in [-0.15, -0.1) is 0 Å². The molecule has 1 N–H and O–H groups in total. The van der Waals surface area contributed by atoms with E-state index in [1.54, 1.807) is 7.11 Å². The second-order valence-corrected chi connectivity index (χ2v) is 4.62. The van der Waals surface area contributed by atoms with E-state index in [1.807, 2.05) is 36.1 Å². The highest BCUT2D eigenvalue weighted by atomic mass is 16.5. The Balaban J connectivity index is 2.22. The summed E-state index contributed by atoms with van der Waals surface area (Å²) in [5, 5.41) is 7.95. The van der Waals surface area contributed by atoms with E-state index in [1.165, 1.54) is 0 Å². The summed E-state index contributed by atoms with van der Waals surface area (Å²) in [5.74, 6) is 0.907. The van der Waals surface area contributed by atoms with Crippen LogP contribution < -0.4 is 10.1 Å². The number of hydrogen-bond donors (Lipinski definition) is 1. The predicted molar refractivity (Wildman–Crippen MR) is 77.6 cm³/mol. The summed E-state index contributed by atoms with van der Waals surface area (Å²) >= 11 is 0. The third-order valence-corrected chi connectivity index (χ3v) is 3.22. The van der Waals surface area contributed by atoms with Gasteiger partial charge in [-0.05, 0) is 19.4 Å². The van der Waals surface area contributed by atoms with Gasteiger partial charge in [0.05, 0.1) is 24.5 Å². The summed E-state index contributed by atoms with van der Waals surface area (Å²) in [6.45, 7) is 4.24. The van der Waals surface area contributed by atoms with Crippen molar-refractivity contribution in [3.05, 3.63) is 41.7 Å². The number of aromatic nitrogens is 2. The van der Waals surface area contributed by atoms with Crippen molar-refractivity contribution in [2.75, 3.05) is 12.4 Å². The molecule has 0 amide bonds. The lowest BCUT2D eigenvalue weighted by atomic mass is 10.1. The van der Waals surface area contributed by atoms with Crippen LogP contribution in [0.25, 0.3) is 0 Å². The first-order valence-electron chi connectivity index (χ1n) is 6.57. The number of hydrogen-bond acceptors (Lipinski definition) is 3. The van der Waals surface area contributed by atoms with E-state index in [9.17, 15) is 0 Å². The summed E-state index contributed by atoms with van der Waals surface area (Å²) in [4.78, 5) is 0. The molecule has 1 unspecified atom stereocenters. The van der Waals surface area contributed by atoms with E-state index in [0.717, 1.165) is 29.1 Å². The highest BCUT2D eigenvalue weighted by Gasteiger charge is 2.13. The average Bonchev–Trinajstić information content (AvgIpc) is 2.78. The van der Waals surface area contributed by atoms with Crippen molar-refractivity contribution in [3.63, 3.8) is 0 Å². The number of para-hydroxylation sites is 1. The molecule has 0 saturated heterocycles. The topological polar surface area (TPSA) is 39.1 Å². The van der Waals surface area contributed by atoms with Gasteiger partial charge in [-0.2, -0.15) is 5.10 Å². The van der Waals surface area contributed by atoms with E-state index in [4.69, 9.17) is 4.74 Å². The maximum atomic E-state index is 5.41. The van der Waals surface area contributed by atoms with Gasteiger partial charge in [-0.3, -0.25) is 4.68 Å². The third-order valence-electron chi connectivity index (χ3n) is 3.22. The van der Waals surface area contributed by atoms with Crippen LogP contribution >= 0.6 is 0 Å². The molecule has 102 valence electrons. The molecule has 4 heteroatoms. The number of anilines is 1. The van der Waals surface area contributed by atoms with Crippen molar-refractivity contribution in [1.82, 2.24) is 9.78 Å². The lowest BCUT2D eigenvalue weighted by Gasteiger charge is -2.18. The zero-order valence-electron chi connectivity index (χ0n) is 12.0. The smallest absolute Gasteiger partial charge is 0.124 e. The van der Waals surface area contributed by atoms with Crippen LogP contribution in [0.4, 0.5) is 5.69 Å². The van der Waals surface area contributed by atoms with Crippen LogP contribution in [0.2, 0.25) is 0 Å². The molecule has 0 saturated carbocycles. The Hall–Kier alpha value is -1.97. The highest BCUT2D eigenvalue weighted by molar-refractivity contribution is 5.50. The van der Waals surface area contributed by atoms with E-state index in [0.29, 0.717) is 0 Å². The van der Waals surface area contributed by atoms with E-state index in [-0.39, 0.29) is 6.04 Å². The zero-order chi connectivity index (χ0) is 13.8. The molecule has 1 heterocycles. The number of nitrogens with zero attached hydrogens (tertiary/aromatic N) is 2. The minimum Gasteiger partial charge on any atom is -0.496 e. The van der Waals surface area contributed by atoms with Gasteiger partial charge in [0.2, 0.25) is 0 Å². The number of rotatable bonds is 5. The first-order chi connectivity index (χ1) is 9.15. The van der Waals surface area contributed by atoms with Crippen LogP contribution in [-0.4, -0.2) is 16.9 Å². The second kappa shape index (κ2) is 5.78. The summed E-state index contributed by atoms with van der Waals surface area (Å²) in [5.41, 5.74) is 3.32. The molecule has 1 aromatic carbocycles. The Morgan fingerprint density at radius 2 is 2.11 bits per heavy atom. The maximum Gasteiger partial charge on any atom is 0.124 e. The van der Waals surface area contributed by atoms with Gasteiger partial charge in [-0.1, -0.05) is 25.1 Å². The normalized spacial score (nSPS) is 12.2. The Morgan fingerprint density at radius 1 is 1.37 bits per heavy atom. The second-order valence-electron chi connectivity index (χ2n) is 4.62. The molecule has 0 aliphatic carbocycles. The van der Waals surface area contributed by atoms with Gasteiger partial charge in [0.15, 0.2) is 0 Å². The molecular formula is C15H21N3O. The van der Waals surface area contributed by atoms with Crippen molar-refractivity contribution < 1.29 is 4.74 Å². The molecule has 0 radical (unpaired) electrons. The predicted octanol–water partition coefficient (Wildman–Crippen LogP) is 3.16. The standard InChI is InChI=1S/C15H21N3O/c1-5-13-14(10-18(3)17-13)16-11(2)12-8-6-7-9-15(12)19-4/h6-11,16H,5H2,1-4H3. The van der Waals surface area contributed by atoms with Crippen molar-refractivity contribution in [2.45, 2.75) is 26.3 Å². The summed E-state index contributed by atoms with van der Waals surface area (Å²) in [6.07, 6.45) is 2.94. The summed E-state index contributed by atoms with van der Waals surface area (Å²) in [6, 6.07) is 8.25. The Labute approximate surface area is 114 Å². The average molecular weight is 259 g/mol. The maximum absolute atomic E-state index is 5.41. The van der Waals surface area contributed by atoms with Crippen LogP contribution in [0.1, 0.15) is 31.1 Å². The van der Waals surface area contributed by atoms with Gasteiger partial charge < -0.3 is 10.1 Å². The van der Waals surface area contributed by atoms with Crippen molar-refractivity contribution in [3.8, 4) is 5.75 Å². The molecule has 19 heavy (non-hydrogen) atoms. The monoisotopic (exact) mass is 259 g/mol. The van der Waals surface area contributed by atoms with Crippen LogP contribution in [0, 0.1) is 0 Å². The molecule has 1 aromatic heterocycles. The highest BCUT2D eigenvalue weighted by Crippen LogP contribution is 2.28. The van der Waals surface area contributed by atoms with Crippen molar-refractivity contribution in [1.29, 1.82) is 0 Å². The number of methoxy groups -OCH3 is 1. The molecule has 0 spiro atoms. The molecule has 2 aromatic rings. The molecule has 0 aliphatic rings. The van der Waals surface area contributed by atoms with E-state index < -0.39 is 0 Å². The number of aryl methyl sites for hydroxylation is 2. The Morgan fingerprint density at radius 3 is 2.79 bits per heavy atom. The molecule has 1 atom stereocenters. The van der Waals surface area contributed by atoms with E-state index in [2.05, 4.69) is 30.3 Å². The van der Waals surface area contributed by atoms with Crippen molar-refractivity contribution >= 4 is 5.69 Å². The number of benzene rings is 1. The molecular weight excluding hydrogens is 238 g/mol. The van der Waals surface area contributed by atoms with Crippen LogP contribution in [0.5, 0.6) is 5.75 Å². The SMILES string of the molecule is CCc1nn(C)cc1NC(C)c1ccccc1OC. The lowest BCUT2D eigenvalue weighted by molar-refractivity contribution is 0.408. The fraction of sp³-hybridized carbons (Fsp3) is 0.400. The molecule has 4 nitrogen and oxygen atoms in total. The van der Waals surface area contributed by atoms with Gasteiger partial charge in [0.25, 0.3) is 0 Å². The lowest BCUT2D eigenvalue weighted by Crippen LogP contribution is -2.08. The first kappa shape index (κ1) is 13.5. The zero-order valence-corrected chi connectivity index (χ0v) is 12.0. The van der Waals surface area contributed by atoms with Crippen molar-refractivity contribution in [2.24, 2.45) is 7.05 Å². The fourth-order valence-corrected chi connectivity index (χ4v) is 2.25. The van der Waals surface area contributed by atoms with Crippen LogP contribution in [0.15, 0.2) is 30.5 Å². The third kappa shape index (κ3) is 2.89. The molecule has 0 aliphatic heterocycles. The minimum atomic E-state index is 0.172. The van der Waals surface area contributed by atoms with Gasteiger partial charge in [0, 0.05) is 18.8 Å². The van der Waals surface area contributed by atoms with E-state index >= 15 is 0 Å². The quantitative estimate of drug-likeness (QED) is 0.896. The largest absolute Gasteiger partial charge is 0.496 e.